The second-order valence-electron chi connectivity index (χ2n) is 5.51. The van der Waals surface area contributed by atoms with E-state index >= 15 is 0 Å². The molecule has 0 aliphatic carbocycles. The summed E-state index contributed by atoms with van der Waals surface area (Å²) in [4.78, 5) is 12.4. The topological polar surface area (TPSA) is 90.6 Å². The maximum Gasteiger partial charge on any atom is 0.349 e. The molecule has 25 heavy (non-hydrogen) atoms. The number of nitriles is 1. The quantitative estimate of drug-likeness (QED) is 0.358. The van der Waals surface area contributed by atoms with Gasteiger partial charge in [0.1, 0.15) is 17.7 Å². The van der Waals surface area contributed by atoms with E-state index in [4.69, 9.17) is 4.74 Å². The van der Waals surface area contributed by atoms with Crippen molar-refractivity contribution < 1.29 is 19.7 Å². The lowest BCUT2D eigenvalue weighted by molar-refractivity contribution is -0.144. The summed E-state index contributed by atoms with van der Waals surface area (Å²) in [6, 6.07) is 15.2. The van der Waals surface area contributed by atoms with Gasteiger partial charge in [-0.25, -0.2) is 4.79 Å². The van der Waals surface area contributed by atoms with Crippen molar-refractivity contribution in [2.45, 2.75) is 25.9 Å². The molecule has 0 aliphatic heterocycles. The second-order valence-corrected chi connectivity index (χ2v) is 5.51. The molecule has 1 unspecified atom stereocenters. The Morgan fingerprint density at radius 1 is 1.20 bits per heavy atom. The van der Waals surface area contributed by atoms with Gasteiger partial charge < -0.3 is 14.9 Å². The number of benzene rings is 2. The smallest absolute Gasteiger partial charge is 0.349 e. The second kappa shape index (κ2) is 8.55. The van der Waals surface area contributed by atoms with Crippen molar-refractivity contribution in [3.8, 4) is 17.6 Å². The molecule has 0 spiro atoms. The Morgan fingerprint density at radius 2 is 1.92 bits per heavy atom. The van der Waals surface area contributed by atoms with Crippen molar-refractivity contribution in [1.29, 1.82) is 5.26 Å². The Labute approximate surface area is 146 Å². The third-order valence-corrected chi connectivity index (χ3v) is 3.62. The van der Waals surface area contributed by atoms with Crippen LogP contribution in [0.5, 0.6) is 11.5 Å². The van der Waals surface area contributed by atoms with Crippen molar-refractivity contribution in [2.24, 2.45) is 0 Å². The molecule has 5 heteroatoms. The van der Waals surface area contributed by atoms with Crippen LogP contribution in [0.3, 0.4) is 0 Å². The molecule has 0 saturated carbocycles. The van der Waals surface area contributed by atoms with Crippen molar-refractivity contribution in [2.75, 3.05) is 0 Å². The lowest BCUT2D eigenvalue weighted by atomic mass is 10.0. The number of phenols is 2. The zero-order valence-corrected chi connectivity index (χ0v) is 13.8. The number of hydrogen-bond acceptors (Lipinski definition) is 5. The minimum absolute atomic E-state index is 0.179. The average molecular weight is 337 g/mol. The van der Waals surface area contributed by atoms with Crippen LogP contribution in [0.2, 0.25) is 0 Å². The fourth-order valence-corrected chi connectivity index (χ4v) is 2.35. The molecule has 0 heterocycles. The van der Waals surface area contributed by atoms with Gasteiger partial charge in [-0.2, -0.15) is 5.26 Å². The molecular formula is C20H19NO4. The van der Waals surface area contributed by atoms with Crippen LogP contribution in [-0.4, -0.2) is 16.2 Å². The fraction of sp³-hybridized carbons (Fsp3) is 0.200. The predicted octanol–water partition coefficient (Wildman–Crippen LogP) is 4.09. The van der Waals surface area contributed by atoms with Crippen LogP contribution in [0.4, 0.5) is 0 Å². The highest BCUT2D eigenvalue weighted by Crippen LogP contribution is 2.27. The van der Waals surface area contributed by atoms with Gasteiger partial charge in [0.25, 0.3) is 0 Å². The monoisotopic (exact) mass is 337 g/mol. The first-order chi connectivity index (χ1) is 12.0. The molecule has 0 amide bonds. The first-order valence-corrected chi connectivity index (χ1v) is 7.94. The third kappa shape index (κ3) is 4.85. The van der Waals surface area contributed by atoms with Crippen molar-refractivity contribution in [1.82, 2.24) is 0 Å². The van der Waals surface area contributed by atoms with Crippen LogP contribution in [0.25, 0.3) is 6.08 Å². The summed E-state index contributed by atoms with van der Waals surface area (Å²) >= 11 is 0. The van der Waals surface area contributed by atoms with Crippen LogP contribution < -0.4 is 0 Å². The first-order valence-electron chi connectivity index (χ1n) is 7.94. The summed E-state index contributed by atoms with van der Waals surface area (Å²) in [5.74, 6) is -1.32. The van der Waals surface area contributed by atoms with E-state index in [1.54, 1.807) is 0 Å². The van der Waals surface area contributed by atoms with Gasteiger partial charge in [0, 0.05) is 0 Å². The molecule has 1 atom stereocenters. The molecule has 0 radical (unpaired) electrons. The highest BCUT2D eigenvalue weighted by Gasteiger charge is 2.19. The zero-order chi connectivity index (χ0) is 18.2. The van der Waals surface area contributed by atoms with E-state index in [0.717, 1.165) is 12.0 Å². The van der Waals surface area contributed by atoms with E-state index in [2.05, 4.69) is 0 Å². The Kier molecular flexibility index (Phi) is 6.19. The summed E-state index contributed by atoms with van der Waals surface area (Å²) in [5, 5.41) is 28.1. The molecule has 5 nitrogen and oxygen atoms in total. The van der Waals surface area contributed by atoms with Crippen molar-refractivity contribution in [3.05, 3.63) is 65.2 Å². The molecule has 128 valence electrons. The molecule has 0 fully saturated rings. The van der Waals surface area contributed by atoms with Gasteiger partial charge in [0.15, 0.2) is 11.5 Å². The molecule has 0 bridgehead atoms. The molecule has 2 N–H and O–H groups in total. The number of carbonyl (C=O) groups is 1. The molecule has 2 rings (SSSR count). The third-order valence-electron chi connectivity index (χ3n) is 3.62. The fourth-order valence-electron chi connectivity index (χ4n) is 2.35. The number of hydrogen-bond donors (Lipinski definition) is 2. The number of nitrogens with zero attached hydrogens (tertiary/aromatic N) is 1. The van der Waals surface area contributed by atoms with Gasteiger partial charge in [-0.3, -0.25) is 0 Å². The van der Waals surface area contributed by atoms with Crippen molar-refractivity contribution >= 4 is 12.0 Å². The Bertz CT molecular complexity index is 806. The highest BCUT2D eigenvalue weighted by atomic mass is 16.5. The van der Waals surface area contributed by atoms with Crippen LogP contribution in [0.15, 0.2) is 54.1 Å². The Morgan fingerprint density at radius 3 is 2.52 bits per heavy atom. The summed E-state index contributed by atoms with van der Waals surface area (Å²) in [6.45, 7) is 1.99. The van der Waals surface area contributed by atoms with E-state index in [9.17, 15) is 20.3 Å². The van der Waals surface area contributed by atoms with Gasteiger partial charge >= 0.3 is 5.97 Å². The molecule has 0 saturated heterocycles. The van der Waals surface area contributed by atoms with Gasteiger partial charge in [-0.15, -0.1) is 0 Å². The van der Waals surface area contributed by atoms with Gasteiger partial charge in [0.05, 0.1) is 0 Å². The number of ether oxygens (including phenoxy) is 1. The number of aromatic hydroxyl groups is 2. The van der Waals surface area contributed by atoms with Gasteiger partial charge in [-0.05, 0) is 35.8 Å². The Hall–Kier alpha value is -3.26. The number of esters is 1. The standard InChI is InChI=1S/C20H19NO4/c1-2-6-19(15-7-4-3-5-8-15)25-20(24)16(13-21)11-14-9-10-17(22)18(23)12-14/h3-5,7-12,19,22-23H,2,6H2,1H3. The van der Waals surface area contributed by atoms with E-state index in [1.807, 2.05) is 43.3 Å². The van der Waals surface area contributed by atoms with E-state index in [-0.39, 0.29) is 17.1 Å². The molecule has 2 aromatic rings. The maximum absolute atomic E-state index is 12.4. The minimum Gasteiger partial charge on any atom is -0.504 e. The van der Waals surface area contributed by atoms with Gasteiger partial charge in [0.2, 0.25) is 0 Å². The summed E-state index contributed by atoms with van der Waals surface area (Å²) < 4.78 is 5.51. The summed E-state index contributed by atoms with van der Waals surface area (Å²) in [7, 11) is 0. The molecule has 0 aliphatic rings. The lowest BCUT2D eigenvalue weighted by Crippen LogP contribution is -2.13. The van der Waals surface area contributed by atoms with Gasteiger partial charge in [-0.1, -0.05) is 49.7 Å². The molecule has 0 aromatic heterocycles. The van der Waals surface area contributed by atoms with Crippen molar-refractivity contribution in [3.63, 3.8) is 0 Å². The van der Waals surface area contributed by atoms with Crippen LogP contribution in [0.1, 0.15) is 37.0 Å². The van der Waals surface area contributed by atoms with Crippen LogP contribution >= 0.6 is 0 Å². The summed E-state index contributed by atoms with van der Waals surface area (Å²) in [6.07, 6.45) is 2.36. The molecular weight excluding hydrogens is 318 g/mol. The summed E-state index contributed by atoms with van der Waals surface area (Å²) in [5.41, 5.74) is 1.11. The van der Waals surface area contributed by atoms with E-state index < -0.39 is 12.1 Å². The maximum atomic E-state index is 12.4. The predicted molar refractivity (Wildman–Crippen MR) is 93.5 cm³/mol. The van der Waals surface area contributed by atoms with E-state index in [1.165, 1.54) is 24.3 Å². The van der Waals surface area contributed by atoms with Crippen LogP contribution in [-0.2, 0) is 9.53 Å². The first kappa shape index (κ1) is 18.1. The normalized spacial score (nSPS) is 12.2. The van der Waals surface area contributed by atoms with Crippen LogP contribution in [0, 0.1) is 11.3 Å². The lowest BCUT2D eigenvalue weighted by Gasteiger charge is -2.17. The largest absolute Gasteiger partial charge is 0.504 e. The molecule has 2 aromatic carbocycles. The Balaban J connectivity index is 2.22. The SMILES string of the molecule is CCCC(OC(=O)C(C#N)=Cc1ccc(O)c(O)c1)c1ccccc1. The number of phenolic OH excluding ortho intramolecular Hbond substituents is 2. The minimum atomic E-state index is -0.725. The average Bonchev–Trinajstić information content (AvgIpc) is 2.62. The zero-order valence-electron chi connectivity index (χ0n) is 13.8. The number of carbonyl (C=O) groups excluding carboxylic acids is 1. The number of rotatable bonds is 6. The van der Waals surface area contributed by atoms with E-state index in [0.29, 0.717) is 12.0 Å². The highest BCUT2D eigenvalue weighted by molar-refractivity contribution is 5.98.